The van der Waals surface area contributed by atoms with Crippen molar-refractivity contribution < 1.29 is 13.3 Å². The predicted octanol–water partition coefficient (Wildman–Crippen LogP) is 0.956. The molecule has 0 atom stereocenters. The largest absolute Gasteiger partial charge is 0.354 e. The van der Waals surface area contributed by atoms with Gasteiger partial charge in [0.15, 0.2) is 0 Å². The maximum absolute atomic E-state index is 12.9. The molecule has 0 unspecified atom stereocenters. The van der Waals surface area contributed by atoms with Crippen LogP contribution >= 0.6 is 0 Å². The zero-order chi connectivity index (χ0) is 22.9. The smallest absolute Gasteiger partial charge is 0.269 e. The molecule has 12 heteroatoms. The van der Waals surface area contributed by atoms with Gasteiger partial charge in [-0.2, -0.15) is 9.29 Å². The Morgan fingerprint density at radius 2 is 1.50 bits per heavy atom. The Bertz CT molecular complexity index is 1080. The molecule has 4 rings (SSSR count). The summed E-state index contributed by atoms with van der Waals surface area (Å²) in [7, 11) is -1.61. The maximum atomic E-state index is 12.9. The van der Waals surface area contributed by atoms with Gasteiger partial charge >= 0.3 is 0 Å². The van der Waals surface area contributed by atoms with E-state index in [2.05, 4.69) is 21.8 Å². The van der Waals surface area contributed by atoms with Gasteiger partial charge in [0.25, 0.3) is 5.69 Å². The van der Waals surface area contributed by atoms with Gasteiger partial charge in [-0.1, -0.05) is 0 Å². The first-order valence-corrected chi connectivity index (χ1v) is 12.0. The zero-order valence-electron chi connectivity index (χ0n) is 18.2. The first kappa shape index (κ1) is 22.4. The van der Waals surface area contributed by atoms with Crippen molar-refractivity contribution in [1.29, 1.82) is 0 Å². The third kappa shape index (κ3) is 4.66. The van der Waals surface area contributed by atoms with Crippen LogP contribution < -0.4 is 9.80 Å². The van der Waals surface area contributed by atoms with Crippen molar-refractivity contribution in [1.82, 2.24) is 19.2 Å². The summed E-state index contributed by atoms with van der Waals surface area (Å²) in [5, 5.41) is 10.8. The maximum Gasteiger partial charge on any atom is 0.269 e. The number of aromatic nitrogens is 2. The van der Waals surface area contributed by atoms with Crippen LogP contribution in [0.15, 0.2) is 35.2 Å². The van der Waals surface area contributed by atoms with Gasteiger partial charge in [-0.05, 0) is 26.1 Å². The van der Waals surface area contributed by atoms with Gasteiger partial charge in [-0.15, -0.1) is 0 Å². The summed E-state index contributed by atoms with van der Waals surface area (Å²) in [6.45, 7) is 7.26. The monoisotopic (exact) mass is 461 g/mol. The van der Waals surface area contributed by atoms with Crippen LogP contribution in [0.25, 0.3) is 0 Å². The van der Waals surface area contributed by atoms with Crippen molar-refractivity contribution in [2.45, 2.75) is 11.8 Å². The third-order valence-corrected chi connectivity index (χ3v) is 7.78. The summed E-state index contributed by atoms with van der Waals surface area (Å²) < 4.78 is 27.3. The molecule has 2 fully saturated rings. The van der Waals surface area contributed by atoms with E-state index in [9.17, 15) is 18.5 Å². The number of benzene rings is 1. The minimum absolute atomic E-state index is 0.0562. The van der Waals surface area contributed by atoms with Crippen LogP contribution in [-0.4, -0.2) is 91.9 Å². The van der Waals surface area contributed by atoms with E-state index in [1.165, 1.54) is 28.6 Å². The zero-order valence-corrected chi connectivity index (χ0v) is 19.0. The third-order valence-electron chi connectivity index (χ3n) is 5.86. The highest BCUT2D eigenvalue weighted by Gasteiger charge is 2.30. The van der Waals surface area contributed by atoms with Crippen molar-refractivity contribution in [2.24, 2.45) is 0 Å². The average Bonchev–Trinajstić information content (AvgIpc) is 2.79. The molecule has 2 saturated heterocycles. The molecule has 1 aromatic carbocycles. The minimum Gasteiger partial charge on any atom is -0.354 e. The Morgan fingerprint density at radius 3 is 2.09 bits per heavy atom. The second kappa shape index (κ2) is 8.96. The molecule has 0 aliphatic carbocycles. The standard InChI is InChI=1S/C20H27N7O4S/c1-16-15-19(24-9-7-23(2)8-10-24)22-20(21-16)25-11-13-26(14-12-25)32(30,31)18-5-3-17(4-6-18)27(28)29/h3-6,15H,7-14H2,1-2H3. The summed E-state index contributed by atoms with van der Waals surface area (Å²) in [6, 6.07) is 6.98. The lowest BCUT2D eigenvalue weighted by atomic mass is 10.3. The van der Waals surface area contributed by atoms with Crippen LogP contribution in [0.3, 0.4) is 0 Å². The van der Waals surface area contributed by atoms with Crippen molar-refractivity contribution >= 4 is 27.5 Å². The molecule has 0 amide bonds. The second-order valence-electron chi connectivity index (χ2n) is 8.10. The number of nitro groups is 1. The van der Waals surface area contributed by atoms with Gasteiger partial charge in [-0.3, -0.25) is 10.1 Å². The lowest BCUT2D eigenvalue weighted by Crippen LogP contribution is -2.49. The van der Waals surface area contributed by atoms with Crippen LogP contribution in [0, 0.1) is 17.0 Å². The van der Waals surface area contributed by atoms with Gasteiger partial charge in [0.1, 0.15) is 5.82 Å². The summed E-state index contributed by atoms with van der Waals surface area (Å²) >= 11 is 0. The topological polar surface area (TPSA) is 116 Å². The first-order valence-electron chi connectivity index (χ1n) is 10.5. The number of hydrogen-bond donors (Lipinski definition) is 0. The van der Waals surface area contributed by atoms with Gasteiger partial charge in [0.2, 0.25) is 16.0 Å². The lowest BCUT2D eigenvalue weighted by Gasteiger charge is -2.36. The molecule has 172 valence electrons. The van der Waals surface area contributed by atoms with E-state index in [0.29, 0.717) is 32.1 Å². The Kier molecular flexibility index (Phi) is 6.26. The fourth-order valence-corrected chi connectivity index (χ4v) is 5.32. The Hall–Kier alpha value is -2.83. The SMILES string of the molecule is Cc1cc(N2CCN(C)CC2)nc(N2CCN(S(=O)(=O)c3ccc([N+](=O)[O-])cc3)CC2)n1. The normalized spacial score (nSPS) is 18.7. The van der Waals surface area contributed by atoms with E-state index in [1.807, 2.05) is 17.9 Å². The highest BCUT2D eigenvalue weighted by molar-refractivity contribution is 7.89. The molecular formula is C20H27N7O4S. The number of non-ortho nitro benzene ring substituents is 1. The van der Waals surface area contributed by atoms with Gasteiger partial charge in [-0.25, -0.2) is 13.4 Å². The molecule has 0 radical (unpaired) electrons. The number of piperazine rings is 2. The number of likely N-dealkylation sites (N-methyl/N-ethyl adjacent to an activating group) is 1. The van der Waals surface area contributed by atoms with Crippen molar-refractivity contribution in [3.8, 4) is 0 Å². The van der Waals surface area contributed by atoms with Crippen molar-refractivity contribution in [3.05, 3.63) is 46.1 Å². The van der Waals surface area contributed by atoms with Gasteiger partial charge < -0.3 is 14.7 Å². The van der Waals surface area contributed by atoms with E-state index in [4.69, 9.17) is 4.98 Å². The molecule has 2 aliphatic rings. The first-order chi connectivity index (χ1) is 15.2. The minimum atomic E-state index is -3.72. The summed E-state index contributed by atoms with van der Waals surface area (Å²) in [5.41, 5.74) is 0.742. The van der Waals surface area contributed by atoms with E-state index in [-0.39, 0.29) is 10.6 Å². The van der Waals surface area contributed by atoms with E-state index in [1.54, 1.807) is 0 Å². The molecule has 1 aromatic heterocycles. The number of nitro benzene ring substituents is 1. The van der Waals surface area contributed by atoms with Gasteiger partial charge in [0, 0.05) is 76.3 Å². The molecule has 3 heterocycles. The summed E-state index contributed by atoms with van der Waals surface area (Å²) in [4.78, 5) is 26.2. The fourth-order valence-electron chi connectivity index (χ4n) is 3.89. The Labute approximate surface area is 187 Å². The number of anilines is 2. The lowest BCUT2D eigenvalue weighted by molar-refractivity contribution is -0.384. The summed E-state index contributed by atoms with van der Waals surface area (Å²) in [6.07, 6.45) is 0. The van der Waals surface area contributed by atoms with Crippen molar-refractivity contribution in [2.75, 3.05) is 69.2 Å². The van der Waals surface area contributed by atoms with Crippen LogP contribution in [0.2, 0.25) is 0 Å². The van der Waals surface area contributed by atoms with E-state index in [0.717, 1.165) is 37.7 Å². The molecule has 0 saturated carbocycles. The van der Waals surface area contributed by atoms with Crippen molar-refractivity contribution in [3.63, 3.8) is 0 Å². The van der Waals surface area contributed by atoms with Crippen LogP contribution in [-0.2, 0) is 10.0 Å². The molecule has 0 spiro atoms. The molecule has 0 N–H and O–H groups in total. The highest BCUT2D eigenvalue weighted by Crippen LogP contribution is 2.23. The Balaban J connectivity index is 1.45. The van der Waals surface area contributed by atoms with Gasteiger partial charge in [0.05, 0.1) is 9.82 Å². The van der Waals surface area contributed by atoms with Crippen LogP contribution in [0.4, 0.5) is 17.5 Å². The molecule has 32 heavy (non-hydrogen) atoms. The molecule has 2 aromatic rings. The molecular weight excluding hydrogens is 434 g/mol. The number of aryl methyl sites for hydroxylation is 1. The average molecular weight is 462 g/mol. The number of sulfonamides is 1. The molecule has 0 bridgehead atoms. The summed E-state index contributed by atoms with van der Waals surface area (Å²) in [5.74, 6) is 1.52. The highest BCUT2D eigenvalue weighted by atomic mass is 32.2. The van der Waals surface area contributed by atoms with E-state index >= 15 is 0 Å². The number of nitrogens with zero attached hydrogens (tertiary/aromatic N) is 7. The molecule has 2 aliphatic heterocycles. The van der Waals surface area contributed by atoms with Crippen LogP contribution in [0.5, 0.6) is 0 Å². The predicted molar refractivity (Wildman–Crippen MR) is 121 cm³/mol. The quantitative estimate of drug-likeness (QED) is 0.474. The Morgan fingerprint density at radius 1 is 0.906 bits per heavy atom. The molecule has 11 nitrogen and oxygen atoms in total. The fraction of sp³-hybridized carbons (Fsp3) is 0.500. The number of rotatable bonds is 5. The van der Waals surface area contributed by atoms with Crippen LogP contribution in [0.1, 0.15) is 5.69 Å². The van der Waals surface area contributed by atoms with E-state index < -0.39 is 14.9 Å². The second-order valence-corrected chi connectivity index (χ2v) is 10.0. The number of hydrogen-bond acceptors (Lipinski definition) is 9.